The van der Waals surface area contributed by atoms with Crippen molar-refractivity contribution < 1.29 is 8.78 Å². The van der Waals surface area contributed by atoms with Gasteiger partial charge in [0.2, 0.25) is 0 Å². The summed E-state index contributed by atoms with van der Waals surface area (Å²) in [6.45, 7) is 2.45. The van der Waals surface area contributed by atoms with E-state index in [9.17, 15) is 8.78 Å². The van der Waals surface area contributed by atoms with Crippen molar-refractivity contribution in [1.82, 2.24) is 15.3 Å². The maximum atomic E-state index is 13.5. The monoisotopic (exact) mass is 263 g/mol. The third-order valence-electron chi connectivity index (χ3n) is 2.84. The summed E-state index contributed by atoms with van der Waals surface area (Å²) in [7, 11) is 0. The lowest BCUT2D eigenvalue weighted by Gasteiger charge is -2.14. The summed E-state index contributed by atoms with van der Waals surface area (Å²) < 4.78 is 27.0. The average Bonchev–Trinajstić information content (AvgIpc) is 2.42. The lowest BCUT2D eigenvalue weighted by molar-refractivity contribution is 0.499. The van der Waals surface area contributed by atoms with E-state index >= 15 is 0 Å². The van der Waals surface area contributed by atoms with Gasteiger partial charge < -0.3 is 5.32 Å². The smallest absolute Gasteiger partial charge is 0.129 e. The molecule has 1 heterocycles. The first-order valence-corrected chi connectivity index (χ1v) is 6.07. The SMILES string of the molecule is CC(Cc1c(F)cccc1F)NCc1cncnc1. The maximum Gasteiger partial charge on any atom is 0.129 e. The van der Waals surface area contributed by atoms with Crippen LogP contribution in [0.4, 0.5) is 8.78 Å². The van der Waals surface area contributed by atoms with E-state index in [0.29, 0.717) is 13.0 Å². The molecule has 0 saturated heterocycles. The summed E-state index contributed by atoms with van der Waals surface area (Å²) in [5.74, 6) is -1.01. The van der Waals surface area contributed by atoms with Crippen molar-refractivity contribution >= 4 is 0 Å². The van der Waals surface area contributed by atoms with Crippen LogP contribution in [-0.2, 0) is 13.0 Å². The minimum absolute atomic E-state index is 0.0494. The highest BCUT2D eigenvalue weighted by Crippen LogP contribution is 2.14. The van der Waals surface area contributed by atoms with Crippen molar-refractivity contribution in [2.24, 2.45) is 0 Å². The van der Waals surface area contributed by atoms with Crippen molar-refractivity contribution in [3.05, 3.63) is 59.7 Å². The summed E-state index contributed by atoms with van der Waals surface area (Å²) in [5.41, 5.74) is 1.05. The zero-order valence-corrected chi connectivity index (χ0v) is 10.6. The van der Waals surface area contributed by atoms with Crippen LogP contribution in [0.1, 0.15) is 18.1 Å². The maximum absolute atomic E-state index is 13.5. The van der Waals surface area contributed by atoms with Crippen molar-refractivity contribution in [1.29, 1.82) is 0 Å². The number of rotatable bonds is 5. The zero-order valence-electron chi connectivity index (χ0n) is 10.6. The second-order valence-electron chi connectivity index (χ2n) is 4.43. The van der Waals surface area contributed by atoms with Gasteiger partial charge in [0.25, 0.3) is 0 Å². The van der Waals surface area contributed by atoms with Crippen molar-refractivity contribution in [2.75, 3.05) is 0 Å². The predicted molar refractivity (Wildman–Crippen MR) is 68.4 cm³/mol. The van der Waals surface area contributed by atoms with Crippen LogP contribution in [-0.4, -0.2) is 16.0 Å². The molecule has 19 heavy (non-hydrogen) atoms. The van der Waals surface area contributed by atoms with Crippen LogP contribution in [0.3, 0.4) is 0 Å². The van der Waals surface area contributed by atoms with Crippen molar-refractivity contribution in [3.63, 3.8) is 0 Å². The van der Waals surface area contributed by atoms with Gasteiger partial charge in [-0.25, -0.2) is 18.7 Å². The standard InChI is InChI=1S/C14H15F2N3/c1-10(19-8-11-6-17-9-18-7-11)5-12-13(15)3-2-4-14(12)16/h2-4,6-7,9-10,19H,5,8H2,1H3. The molecule has 0 spiro atoms. The normalized spacial score (nSPS) is 12.4. The Kier molecular flexibility index (Phi) is 4.52. The highest BCUT2D eigenvalue weighted by molar-refractivity contribution is 5.20. The van der Waals surface area contributed by atoms with Gasteiger partial charge >= 0.3 is 0 Å². The predicted octanol–water partition coefficient (Wildman–Crippen LogP) is 2.48. The lowest BCUT2D eigenvalue weighted by Crippen LogP contribution is -2.28. The summed E-state index contributed by atoms with van der Waals surface area (Å²) in [4.78, 5) is 7.81. The Morgan fingerprint density at radius 1 is 1.16 bits per heavy atom. The van der Waals surface area contributed by atoms with Crippen LogP contribution in [0.15, 0.2) is 36.9 Å². The number of nitrogens with one attached hydrogen (secondary N) is 1. The van der Waals surface area contributed by atoms with Crippen molar-refractivity contribution in [2.45, 2.75) is 25.9 Å². The summed E-state index contributed by atoms with van der Waals surface area (Å²) in [6.07, 6.45) is 5.17. The summed E-state index contributed by atoms with van der Waals surface area (Å²) in [5, 5.41) is 3.19. The second-order valence-corrected chi connectivity index (χ2v) is 4.43. The average molecular weight is 263 g/mol. The Morgan fingerprint density at radius 2 is 1.79 bits per heavy atom. The number of halogens is 2. The summed E-state index contributed by atoms with van der Waals surface area (Å²) >= 11 is 0. The fourth-order valence-corrected chi connectivity index (χ4v) is 1.82. The van der Waals surface area contributed by atoms with E-state index in [-0.39, 0.29) is 11.6 Å². The molecule has 1 atom stereocenters. The molecule has 2 aromatic rings. The van der Waals surface area contributed by atoms with Crippen LogP contribution in [0, 0.1) is 11.6 Å². The molecule has 1 aromatic heterocycles. The molecule has 1 N–H and O–H groups in total. The Balaban J connectivity index is 1.93. The van der Waals surface area contributed by atoms with Gasteiger partial charge in [0.15, 0.2) is 0 Å². The number of benzene rings is 1. The van der Waals surface area contributed by atoms with Gasteiger partial charge in [-0.15, -0.1) is 0 Å². The van der Waals surface area contributed by atoms with E-state index in [4.69, 9.17) is 0 Å². The molecule has 2 rings (SSSR count). The molecule has 0 radical (unpaired) electrons. The molecule has 3 nitrogen and oxygen atoms in total. The van der Waals surface area contributed by atoms with E-state index < -0.39 is 11.6 Å². The topological polar surface area (TPSA) is 37.8 Å². The quantitative estimate of drug-likeness (QED) is 0.900. The highest BCUT2D eigenvalue weighted by Gasteiger charge is 2.12. The Hall–Kier alpha value is -1.88. The first-order valence-electron chi connectivity index (χ1n) is 6.07. The van der Waals surface area contributed by atoms with Crippen molar-refractivity contribution in [3.8, 4) is 0 Å². The Labute approximate surface area is 110 Å². The van der Waals surface area contributed by atoms with E-state index in [1.807, 2.05) is 6.92 Å². The van der Waals surface area contributed by atoms with Crippen LogP contribution in [0.25, 0.3) is 0 Å². The van der Waals surface area contributed by atoms with E-state index in [0.717, 1.165) is 5.56 Å². The molecule has 0 aliphatic carbocycles. The number of hydrogen-bond donors (Lipinski definition) is 1. The fraction of sp³-hybridized carbons (Fsp3) is 0.286. The van der Waals surface area contributed by atoms with E-state index in [1.165, 1.54) is 24.5 Å². The van der Waals surface area contributed by atoms with Gasteiger partial charge in [0.1, 0.15) is 18.0 Å². The van der Waals surface area contributed by atoms with Gasteiger partial charge in [-0.1, -0.05) is 6.07 Å². The third kappa shape index (κ3) is 3.79. The summed E-state index contributed by atoms with van der Waals surface area (Å²) in [6, 6.07) is 3.87. The Bertz CT molecular complexity index is 511. The van der Waals surface area contributed by atoms with Gasteiger partial charge in [-0.2, -0.15) is 0 Å². The first kappa shape index (κ1) is 13.5. The fourth-order valence-electron chi connectivity index (χ4n) is 1.82. The lowest BCUT2D eigenvalue weighted by atomic mass is 10.1. The molecule has 1 unspecified atom stereocenters. The van der Waals surface area contributed by atoms with E-state index in [1.54, 1.807) is 12.4 Å². The highest BCUT2D eigenvalue weighted by atomic mass is 19.1. The molecule has 0 bridgehead atoms. The molecule has 1 aromatic carbocycles. The molecule has 0 fully saturated rings. The van der Waals surface area contributed by atoms with Crippen LogP contribution < -0.4 is 5.32 Å². The Morgan fingerprint density at radius 3 is 2.42 bits per heavy atom. The van der Waals surface area contributed by atoms with Gasteiger partial charge in [0, 0.05) is 36.1 Å². The van der Waals surface area contributed by atoms with E-state index in [2.05, 4.69) is 15.3 Å². The third-order valence-corrected chi connectivity index (χ3v) is 2.84. The molecular formula is C14H15F2N3. The van der Waals surface area contributed by atoms with Gasteiger partial charge in [0.05, 0.1) is 0 Å². The molecule has 100 valence electrons. The largest absolute Gasteiger partial charge is 0.310 e. The molecule has 0 amide bonds. The first-order chi connectivity index (χ1) is 9.16. The zero-order chi connectivity index (χ0) is 13.7. The minimum Gasteiger partial charge on any atom is -0.310 e. The van der Waals surface area contributed by atoms with Gasteiger partial charge in [-0.3, -0.25) is 0 Å². The van der Waals surface area contributed by atoms with Crippen LogP contribution in [0.2, 0.25) is 0 Å². The minimum atomic E-state index is -0.503. The second kappa shape index (κ2) is 6.33. The molecular weight excluding hydrogens is 248 g/mol. The van der Waals surface area contributed by atoms with Crippen LogP contribution >= 0.6 is 0 Å². The van der Waals surface area contributed by atoms with Gasteiger partial charge in [-0.05, 0) is 25.5 Å². The molecule has 5 heteroatoms. The molecule has 0 saturated carbocycles. The molecule has 0 aliphatic heterocycles. The number of hydrogen-bond acceptors (Lipinski definition) is 3. The number of nitrogens with zero attached hydrogens (tertiary/aromatic N) is 2. The number of aromatic nitrogens is 2. The van der Waals surface area contributed by atoms with Crippen LogP contribution in [0.5, 0.6) is 0 Å². The molecule has 0 aliphatic rings.